The van der Waals surface area contributed by atoms with Crippen molar-refractivity contribution in [2.24, 2.45) is 5.92 Å². The molecule has 3 heterocycles. The maximum atomic E-state index is 5.67. The molecular weight excluding hydrogens is 316 g/mol. The molecular formula is C19H26N4S. The van der Waals surface area contributed by atoms with Gasteiger partial charge < -0.3 is 14.8 Å². The zero-order valence-electron chi connectivity index (χ0n) is 14.8. The highest BCUT2D eigenvalue weighted by Gasteiger charge is 2.41. The minimum atomic E-state index is 0.0739. The SMILES string of the molecule is CC(C)CN1C(=S)N[C@H](c2ccccn2)[C@H]1c1cccn1C(C)C. The van der Waals surface area contributed by atoms with Crippen LogP contribution in [0.2, 0.25) is 0 Å². The van der Waals surface area contributed by atoms with Crippen molar-refractivity contribution < 1.29 is 0 Å². The van der Waals surface area contributed by atoms with E-state index in [1.54, 1.807) is 0 Å². The molecule has 0 aromatic carbocycles. The van der Waals surface area contributed by atoms with Crippen LogP contribution in [0.1, 0.15) is 57.2 Å². The molecule has 2 atom stereocenters. The van der Waals surface area contributed by atoms with Crippen molar-refractivity contribution in [1.29, 1.82) is 0 Å². The van der Waals surface area contributed by atoms with Gasteiger partial charge in [-0.05, 0) is 56.2 Å². The van der Waals surface area contributed by atoms with Gasteiger partial charge >= 0.3 is 0 Å². The van der Waals surface area contributed by atoms with Crippen LogP contribution in [0.5, 0.6) is 0 Å². The zero-order chi connectivity index (χ0) is 17.3. The van der Waals surface area contributed by atoms with Gasteiger partial charge in [-0.3, -0.25) is 4.98 Å². The van der Waals surface area contributed by atoms with Gasteiger partial charge in [-0.15, -0.1) is 0 Å². The third-order valence-corrected chi connectivity index (χ3v) is 4.78. The Morgan fingerprint density at radius 3 is 2.58 bits per heavy atom. The highest BCUT2D eigenvalue weighted by Crippen LogP contribution is 2.39. The summed E-state index contributed by atoms with van der Waals surface area (Å²) in [7, 11) is 0. The zero-order valence-corrected chi connectivity index (χ0v) is 15.6. The van der Waals surface area contributed by atoms with Gasteiger partial charge in [0, 0.05) is 30.7 Å². The van der Waals surface area contributed by atoms with Gasteiger partial charge in [0.2, 0.25) is 0 Å². The van der Waals surface area contributed by atoms with Crippen LogP contribution < -0.4 is 5.32 Å². The van der Waals surface area contributed by atoms with Gasteiger partial charge in [-0.1, -0.05) is 19.9 Å². The number of nitrogens with one attached hydrogen (secondary N) is 1. The van der Waals surface area contributed by atoms with Crippen molar-refractivity contribution in [2.45, 2.75) is 45.8 Å². The Labute approximate surface area is 149 Å². The van der Waals surface area contributed by atoms with Crippen LogP contribution in [0, 0.1) is 5.92 Å². The molecule has 0 unspecified atom stereocenters. The average Bonchev–Trinajstić information content (AvgIpc) is 3.13. The van der Waals surface area contributed by atoms with Crippen molar-refractivity contribution in [2.75, 3.05) is 6.54 Å². The van der Waals surface area contributed by atoms with Crippen LogP contribution in [-0.2, 0) is 0 Å². The number of rotatable bonds is 5. The smallest absolute Gasteiger partial charge is 0.170 e. The topological polar surface area (TPSA) is 33.1 Å². The first-order valence-electron chi connectivity index (χ1n) is 8.63. The summed E-state index contributed by atoms with van der Waals surface area (Å²) in [6, 6.07) is 11.1. The minimum Gasteiger partial charge on any atom is -0.352 e. The number of aromatic nitrogens is 2. The Bertz CT molecular complexity index is 692. The highest BCUT2D eigenvalue weighted by atomic mass is 32.1. The maximum Gasteiger partial charge on any atom is 0.170 e. The lowest BCUT2D eigenvalue weighted by molar-refractivity contribution is 0.274. The fourth-order valence-corrected chi connectivity index (χ4v) is 3.76. The van der Waals surface area contributed by atoms with E-state index in [1.807, 2.05) is 18.3 Å². The van der Waals surface area contributed by atoms with Crippen LogP contribution in [0.3, 0.4) is 0 Å². The van der Waals surface area contributed by atoms with E-state index in [0.29, 0.717) is 12.0 Å². The molecule has 5 heteroatoms. The number of hydrogen-bond acceptors (Lipinski definition) is 2. The van der Waals surface area contributed by atoms with Crippen LogP contribution in [0.25, 0.3) is 0 Å². The lowest BCUT2D eigenvalue weighted by Crippen LogP contribution is -2.33. The first-order valence-corrected chi connectivity index (χ1v) is 9.04. The van der Waals surface area contributed by atoms with Crippen LogP contribution in [-0.4, -0.2) is 26.1 Å². The van der Waals surface area contributed by atoms with E-state index in [0.717, 1.165) is 17.4 Å². The molecule has 2 aromatic rings. The Kier molecular flexibility index (Phi) is 4.90. The predicted octanol–water partition coefficient (Wildman–Crippen LogP) is 4.09. The van der Waals surface area contributed by atoms with E-state index in [4.69, 9.17) is 12.2 Å². The van der Waals surface area contributed by atoms with E-state index in [-0.39, 0.29) is 12.1 Å². The molecule has 3 rings (SSSR count). The summed E-state index contributed by atoms with van der Waals surface area (Å²) in [5, 5.41) is 4.33. The second-order valence-corrected chi connectivity index (χ2v) is 7.49. The molecule has 128 valence electrons. The summed E-state index contributed by atoms with van der Waals surface area (Å²) < 4.78 is 2.34. The summed E-state index contributed by atoms with van der Waals surface area (Å²) in [5.41, 5.74) is 2.32. The molecule has 0 spiro atoms. The number of thiocarbonyl (C=S) groups is 1. The van der Waals surface area contributed by atoms with E-state index >= 15 is 0 Å². The lowest BCUT2D eigenvalue weighted by Gasteiger charge is -2.30. The fourth-order valence-electron chi connectivity index (χ4n) is 3.45. The van der Waals surface area contributed by atoms with E-state index in [1.165, 1.54) is 5.69 Å². The van der Waals surface area contributed by atoms with Gasteiger partial charge in [0.25, 0.3) is 0 Å². The third kappa shape index (κ3) is 3.18. The molecule has 0 radical (unpaired) electrons. The summed E-state index contributed by atoms with van der Waals surface area (Å²) >= 11 is 5.67. The molecule has 24 heavy (non-hydrogen) atoms. The molecule has 1 N–H and O–H groups in total. The molecule has 0 saturated carbocycles. The molecule has 1 saturated heterocycles. The van der Waals surface area contributed by atoms with Crippen molar-refractivity contribution in [3.8, 4) is 0 Å². The quantitative estimate of drug-likeness (QED) is 0.830. The molecule has 2 aromatic heterocycles. The van der Waals surface area contributed by atoms with E-state index in [2.05, 4.69) is 71.9 Å². The molecule has 1 fully saturated rings. The number of nitrogens with zero attached hydrogens (tertiary/aromatic N) is 3. The normalized spacial score (nSPS) is 20.9. The van der Waals surface area contributed by atoms with Crippen LogP contribution >= 0.6 is 12.2 Å². The van der Waals surface area contributed by atoms with Gasteiger partial charge in [0.15, 0.2) is 5.11 Å². The Hall–Kier alpha value is -1.88. The van der Waals surface area contributed by atoms with Crippen molar-refractivity contribution in [1.82, 2.24) is 19.8 Å². The lowest BCUT2D eigenvalue weighted by atomic mass is 10.0. The van der Waals surface area contributed by atoms with Crippen LogP contribution in [0.4, 0.5) is 0 Å². The number of hydrogen-bond donors (Lipinski definition) is 1. The van der Waals surface area contributed by atoms with Gasteiger partial charge in [0.05, 0.1) is 17.8 Å². The molecule has 1 aliphatic heterocycles. The fraction of sp³-hybridized carbons (Fsp3) is 0.474. The second kappa shape index (κ2) is 6.93. The minimum absolute atomic E-state index is 0.0739. The summed E-state index contributed by atoms with van der Waals surface area (Å²) in [4.78, 5) is 6.91. The molecule has 4 nitrogen and oxygen atoms in total. The summed E-state index contributed by atoms with van der Waals surface area (Å²) in [6.45, 7) is 9.83. The van der Waals surface area contributed by atoms with Crippen molar-refractivity contribution in [3.63, 3.8) is 0 Å². The first kappa shape index (κ1) is 17.0. The maximum absolute atomic E-state index is 5.67. The molecule has 0 amide bonds. The van der Waals surface area contributed by atoms with Crippen molar-refractivity contribution in [3.05, 3.63) is 54.1 Å². The number of pyridine rings is 1. The van der Waals surface area contributed by atoms with Crippen LogP contribution in [0.15, 0.2) is 42.7 Å². The average molecular weight is 343 g/mol. The predicted molar refractivity (Wildman–Crippen MR) is 102 cm³/mol. The third-order valence-electron chi connectivity index (χ3n) is 4.43. The summed E-state index contributed by atoms with van der Waals surface area (Å²) in [5.74, 6) is 0.539. The first-order chi connectivity index (χ1) is 11.5. The highest BCUT2D eigenvalue weighted by molar-refractivity contribution is 7.80. The monoisotopic (exact) mass is 342 g/mol. The van der Waals surface area contributed by atoms with E-state index in [9.17, 15) is 0 Å². The largest absolute Gasteiger partial charge is 0.352 e. The summed E-state index contributed by atoms with van der Waals surface area (Å²) in [6.07, 6.45) is 4.01. The van der Waals surface area contributed by atoms with Gasteiger partial charge in [0.1, 0.15) is 0 Å². The van der Waals surface area contributed by atoms with Gasteiger partial charge in [-0.25, -0.2) is 0 Å². The Morgan fingerprint density at radius 2 is 1.96 bits per heavy atom. The second-order valence-electron chi connectivity index (χ2n) is 7.11. The Morgan fingerprint density at radius 1 is 1.17 bits per heavy atom. The van der Waals surface area contributed by atoms with E-state index < -0.39 is 0 Å². The standard InChI is InChI=1S/C19H26N4S/c1-13(2)12-23-18(16-9-7-11-22(16)14(3)4)17(21-19(23)24)15-8-5-6-10-20-15/h5-11,13-14,17-18H,12H2,1-4H3,(H,21,24)/t17-,18-/m1/s1. The molecule has 1 aliphatic rings. The molecule has 0 bridgehead atoms. The van der Waals surface area contributed by atoms with Gasteiger partial charge in [-0.2, -0.15) is 0 Å². The Balaban J connectivity index is 2.05. The van der Waals surface area contributed by atoms with Crippen molar-refractivity contribution >= 4 is 17.3 Å². The molecule has 0 aliphatic carbocycles.